The standard InChI is InChI=1S/C13H23N3O.ClH/c1-3-8-16(13-4-6-14-7-5-13)10-12-9-11(2)17-15-12;/h9,13-14H,3-8,10H2,1-2H3;1H. The maximum Gasteiger partial charge on any atom is 0.133 e. The van der Waals surface area contributed by atoms with Gasteiger partial charge in [-0.15, -0.1) is 12.4 Å². The van der Waals surface area contributed by atoms with Crippen LogP contribution < -0.4 is 5.32 Å². The monoisotopic (exact) mass is 273 g/mol. The van der Waals surface area contributed by atoms with Gasteiger partial charge < -0.3 is 9.84 Å². The molecule has 0 bridgehead atoms. The molecule has 0 spiro atoms. The lowest BCUT2D eigenvalue weighted by atomic mass is 10.0. The van der Waals surface area contributed by atoms with E-state index in [1.54, 1.807) is 0 Å². The molecule has 1 fully saturated rings. The zero-order valence-corrected chi connectivity index (χ0v) is 12.1. The highest BCUT2D eigenvalue weighted by Crippen LogP contribution is 2.16. The smallest absolute Gasteiger partial charge is 0.133 e. The number of aryl methyl sites for hydroxylation is 1. The lowest BCUT2D eigenvalue weighted by molar-refractivity contribution is 0.150. The van der Waals surface area contributed by atoms with Crippen LogP contribution in [0.25, 0.3) is 0 Å². The first-order chi connectivity index (χ1) is 8.29. The van der Waals surface area contributed by atoms with Crippen molar-refractivity contribution in [3.8, 4) is 0 Å². The van der Waals surface area contributed by atoms with E-state index in [1.165, 1.54) is 19.3 Å². The third kappa shape index (κ3) is 4.26. The summed E-state index contributed by atoms with van der Waals surface area (Å²) < 4.78 is 5.14. The van der Waals surface area contributed by atoms with E-state index >= 15 is 0 Å². The van der Waals surface area contributed by atoms with Crippen LogP contribution in [0.5, 0.6) is 0 Å². The molecule has 0 atom stereocenters. The number of piperidine rings is 1. The molecular formula is C13H24ClN3O. The van der Waals surface area contributed by atoms with E-state index in [2.05, 4.69) is 22.3 Å². The number of aromatic nitrogens is 1. The number of hydrogen-bond donors (Lipinski definition) is 1. The summed E-state index contributed by atoms with van der Waals surface area (Å²) in [7, 11) is 0. The van der Waals surface area contributed by atoms with Crippen LogP contribution in [-0.2, 0) is 6.54 Å². The average Bonchev–Trinajstić information content (AvgIpc) is 2.75. The lowest BCUT2D eigenvalue weighted by Crippen LogP contribution is -2.43. The summed E-state index contributed by atoms with van der Waals surface area (Å²) in [5, 5.41) is 7.52. The van der Waals surface area contributed by atoms with Gasteiger partial charge in [0.25, 0.3) is 0 Å². The largest absolute Gasteiger partial charge is 0.361 e. The Hall–Kier alpha value is -0.580. The number of nitrogens with one attached hydrogen (secondary N) is 1. The van der Waals surface area contributed by atoms with Crippen molar-refractivity contribution in [3.63, 3.8) is 0 Å². The van der Waals surface area contributed by atoms with E-state index in [-0.39, 0.29) is 12.4 Å². The summed E-state index contributed by atoms with van der Waals surface area (Å²) in [5.41, 5.74) is 1.06. The minimum absolute atomic E-state index is 0. The molecule has 2 heterocycles. The zero-order valence-electron chi connectivity index (χ0n) is 11.3. The predicted octanol–water partition coefficient (Wildman–Crippen LogP) is 2.37. The molecule has 5 heteroatoms. The Morgan fingerprint density at radius 2 is 2.17 bits per heavy atom. The highest BCUT2D eigenvalue weighted by atomic mass is 35.5. The van der Waals surface area contributed by atoms with Crippen molar-refractivity contribution < 1.29 is 4.52 Å². The molecule has 4 nitrogen and oxygen atoms in total. The molecule has 1 aliphatic rings. The maximum atomic E-state index is 5.14. The van der Waals surface area contributed by atoms with Crippen molar-refractivity contribution in [1.82, 2.24) is 15.4 Å². The fourth-order valence-corrected chi connectivity index (χ4v) is 2.55. The first kappa shape index (κ1) is 15.5. The number of hydrogen-bond acceptors (Lipinski definition) is 4. The van der Waals surface area contributed by atoms with Crippen LogP contribution in [0.15, 0.2) is 10.6 Å². The predicted molar refractivity (Wildman–Crippen MR) is 75.1 cm³/mol. The van der Waals surface area contributed by atoms with Crippen LogP contribution in [0.2, 0.25) is 0 Å². The molecule has 2 rings (SSSR count). The summed E-state index contributed by atoms with van der Waals surface area (Å²) in [5.74, 6) is 0.904. The van der Waals surface area contributed by atoms with Gasteiger partial charge in [0.2, 0.25) is 0 Å². The second kappa shape index (κ2) is 7.77. The van der Waals surface area contributed by atoms with E-state index < -0.39 is 0 Å². The Morgan fingerprint density at radius 3 is 2.72 bits per heavy atom. The van der Waals surface area contributed by atoms with Gasteiger partial charge in [-0.1, -0.05) is 12.1 Å². The van der Waals surface area contributed by atoms with Crippen molar-refractivity contribution in [2.45, 2.75) is 45.7 Å². The molecule has 104 valence electrons. The van der Waals surface area contributed by atoms with Crippen LogP contribution in [0.3, 0.4) is 0 Å². The third-order valence-corrected chi connectivity index (χ3v) is 3.38. The molecule has 0 saturated carbocycles. The molecule has 1 aromatic heterocycles. The average molecular weight is 274 g/mol. The molecule has 1 aromatic rings. The number of rotatable bonds is 5. The third-order valence-electron chi connectivity index (χ3n) is 3.38. The Bertz CT molecular complexity index is 337. The van der Waals surface area contributed by atoms with Crippen molar-refractivity contribution in [3.05, 3.63) is 17.5 Å². The molecule has 1 N–H and O–H groups in total. The van der Waals surface area contributed by atoms with Gasteiger partial charge in [0.15, 0.2) is 0 Å². The van der Waals surface area contributed by atoms with Crippen LogP contribution in [0.1, 0.15) is 37.6 Å². The van der Waals surface area contributed by atoms with Crippen LogP contribution in [0, 0.1) is 6.92 Å². The highest BCUT2D eigenvalue weighted by Gasteiger charge is 2.21. The van der Waals surface area contributed by atoms with E-state index in [9.17, 15) is 0 Å². The summed E-state index contributed by atoms with van der Waals surface area (Å²) in [4.78, 5) is 2.55. The summed E-state index contributed by atoms with van der Waals surface area (Å²) in [6.07, 6.45) is 3.69. The number of halogens is 1. The fourth-order valence-electron chi connectivity index (χ4n) is 2.55. The fraction of sp³-hybridized carbons (Fsp3) is 0.769. The molecule has 0 aromatic carbocycles. The molecule has 0 unspecified atom stereocenters. The quantitative estimate of drug-likeness (QED) is 0.894. The van der Waals surface area contributed by atoms with Gasteiger partial charge in [0, 0.05) is 18.7 Å². The topological polar surface area (TPSA) is 41.3 Å². The number of nitrogens with zero attached hydrogens (tertiary/aromatic N) is 2. The van der Waals surface area contributed by atoms with Crippen LogP contribution in [0.4, 0.5) is 0 Å². The van der Waals surface area contributed by atoms with Gasteiger partial charge in [-0.25, -0.2) is 0 Å². The highest BCUT2D eigenvalue weighted by molar-refractivity contribution is 5.85. The minimum atomic E-state index is 0. The normalized spacial score (nSPS) is 16.8. The van der Waals surface area contributed by atoms with Gasteiger partial charge >= 0.3 is 0 Å². The Balaban J connectivity index is 0.00000162. The first-order valence-electron chi connectivity index (χ1n) is 6.66. The molecule has 1 aliphatic heterocycles. The maximum absolute atomic E-state index is 5.14. The van der Waals surface area contributed by atoms with Gasteiger partial charge in [0.05, 0.1) is 5.69 Å². The molecule has 0 amide bonds. The van der Waals surface area contributed by atoms with Crippen LogP contribution in [-0.4, -0.2) is 35.7 Å². The van der Waals surface area contributed by atoms with Gasteiger partial charge in [-0.3, -0.25) is 4.90 Å². The molecule has 0 aliphatic carbocycles. The van der Waals surface area contributed by atoms with E-state index in [0.29, 0.717) is 6.04 Å². The van der Waals surface area contributed by atoms with Crippen LogP contribution >= 0.6 is 12.4 Å². The zero-order chi connectivity index (χ0) is 12.1. The van der Waals surface area contributed by atoms with E-state index in [0.717, 1.165) is 37.6 Å². The SMILES string of the molecule is CCCN(Cc1cc(C)on1)C1CCNCC1.Cl. The van der Waals surface area contributed by atoms with Gasteiger partial charge in [-0.2, -0.15) is 0 Å². The Kier molecular flexibility index (Phi) is 6.68. The van der Waals surface area contributed by atoms with Crippen molar-refractivity contribution in [1.29, 1.82) is 0 Å². The Labute approximate surface area is 116 Å². The second-order valence-electron chi connectivity index (χ2n) is 4.88. The van der Waals surface area contributed by atoms with Crippen molar-refractivity contribution in [2.24, 2.45) is 0 Å². The first-order valence-corrected chi connectivity index (χ1v) is 6.66. The Morgan fingerprint density at radius 1 is 1.44 bits per heavy atom. The molecule has 1 saturated heterocycles. The summed E-state index contributed by atoms with van der Waals surface area (Å²) in [6.45, 7) is 8.55. The molecule has 18 heavy (non-hydrogen) atoms. The van der Waals surface area contributed by atoms with Gasteiger partial charge in [-0.05, 0) is 45.8 Å². The summed E-state index contributed by atoms with van der Waals surface area (Å²) in [6, 6.07) is 2.75. The van der Waals surface area contributed by atoms with Crippen molar-refractivity contribution >= 4 is 12.4 Å². The minimum Gasteiger partial charge on any atom is -0.361 e. The van der Waals surface area contributed by atoms with Gasteiger partial charge in [0.1, 0.15) is 5.76 Å². The van der Waals surface area contributed by atoms with Crippen molar-refractivity contribution in [2.75, 3.05) is 19.6 Å². The van der Waals surface area contributed by atoms with E-state index in [4.69, 9.17) is 4.52 Å². The van der Waals surface area contributed by atoms with E-state index in [1.807, 2.05) is 13.0 Å². The second-order valence-corrected chi connectivity index (χ2v) is 4.88. The molecular weight excluding hydrogens is 250 g/mol. The lowest BCUT2D eigenvalue weighted by Gasteiger charge is -2.33. The molecule has 0 radical (unpaired) electrons. The summed E-state index contributed by atoms with van der Waals surface area (Å²) >= 11 is 0.